The molecule has 1 rings (SSSR count). The van der Waals surface area contributed by atoms with E-state index >= 15 is 0 Å². The number of nitrogens with zero attached hydrogens (tertiary/aromatic N) is 1. The number of halogens is 1. The Morgan fingerprint density at radius 3 is 2.80 bits per heavy atom. The normalized spacial score (nSPS) is 11.9. The molecule has 1 unspecified atom stereocenters. The Labute approximate surface area is 94.6 Å². The smallest absolute Gasteiger partial charge is 0.137 e. The summed E-state index contributed by atoms with van der Waals surface area (Å²) in [5, 5.41) is 12.3. The zero-order valence-electron chi connectivity index (χ0n) is 8.75. The van der Waals surface area contributed by atoms with Crippen molar-refractivity contribution in [3.8, 4) is 11.8 Å². The van der Waals surface area contributed by atoms with Crippen LogP contribution in [0.2, 0.25) is 5.02 Å². The lowest BCUT2D eigenvalue weighted by Crippen LogP contribution is -2.15. The van der Waals surface area contributed by atoms with Gasteiger partial charge in [-0.25, -0.2) is 0 Å². The Bertz CT molecular complexity index is 373. The number of hydrogen-bond acceptors (Lipinski definition) is 3. The van der Waals surface area contributed by atoms with Crippen LogP contribution in [0.15, 0.2) is 18.2 Å². The Kier molecular flexibility index (Phi) is 4.41. The number of methoxy groups -OCH3 is 1. The van der Waals surface area contributed by atoms with Gasteiger partial charge in [-0.05, 0) is 24.7 Å². The molecule has 1 N–H and O–H groups in total. The van der Waals surface area contributed by atoms with Crippen LogP contribution in [0.1, 0.15) is 18.0 Å². The van der Waals surface area contributed by atoms with Gasteiger partial charge in [0.2, 0.25) is 0 Å². The standard InChI is InChI=1S/C11H13ClN2O/c1-14-10(5-6-13)8-3-4-11(15-2)9(12)7-8/h3-4,7,10,14H,5H2,1-2H3. The maximum absolute atomic E-state index is 8.65. The maximum atomic E-state index is 8.65. The molecule has 0 bridgehead atoms. The largest absolute Gasteiger partial charge is 0.495 e. The summed E-state index contributed by atoms with van der Waals surface area (Å²) in [4.78, 5) is 0. The summed E-state index contributed by atoms with van der Waals surface area (Å²) in [6, 6.07) is 7.67. The molecule has 15 heavy (non-hydrogen) atoms. The van der Waals surface area contributed by atoms with Crippen LogP contribution in [-0.4, -0.2) is 14.2 Å². The minimum absolute atomic E-state index is 0.0124. The van der Waals surface area contributed by atoms with Gasteiger partial charge >= 0.3 is 0 Å². The lowest BCUT2D eigenvalue weighted by atomic mass is 10.0. The van der Waals surface area contributed by atoms with Crippen LogP contribution >= 0.6 is 11.6 Å². The van der Waals surface area contributed by atoms with Crippen LogP contribution in [0.5, 0.6) is 5.75 Å². The van der Waals surface area contributed by atoms with Gasteiger partial charge in [0.1, 0.15) is 5.75 Å². The second-order valence-corrected chi connectivity index (χ2v) is 3.50. The fourth-order valence-electron chi connectivity index (χ4n) is 1.38. The number of nitrogens with one attached hydrogen (secondary N) is 1. The Morgan fingerprint density at radius 2 is 2.33 bits per heavy atom. The van der Waals surface area contributed by atoms with Gasteiger partial charge in [0.25, 0.3) is 0 Å². The summed E-state index contributed by atoms with van der Waals surface area (Å²) in [7, 11) is 3.39. The molecule has 0 heterocycles. The number of hydrogen-bond donors (Lipinski definition) is 1. The number of nitriles is 1. The van der Waals surface area contributed by atoms with Crippen molar-refractivity contribution in [1.82, 2.24) is 5.32 Å². The third-order valence-corrected chi connectivity index (χ3v) is 2.52. The topological polar surface area (TPSA) is 45.0 Å². The van der Waals surface area contributed by atoms with Crippen LogP contribution in [0.25, 0.3) is 0 Å². The minimum Gasteiger partial charge on any atom is -0.495 e. The number of ether oxygens (including phenoxy) is 1. The average molecular weight is 225 g/mol. The molecule has 1 aromatic carbocycles. The first-order valence-electron chi connectivity index (χ1n) is 4.60. The second-order valence-electron chi connectivity index (χ2n) is 3.10. The molecule has 3 nitrogen and oxygen atoms in total. The first-order valence-corrected chi connectivity index (χ1v) is 4.98. The van der Waals surface area contributed by atoms with Crippen molar-refractivity contribution in [3.63, 3.8) is 0 Å². The summed E-state index contributed by atoms with van der Waals surface area (Å²) >= 11 is 6.00. The minimum atomic E-state index is 0.0124. The SMILES string of the molecule is CNC(CC#N)c1ccc(OC)c(Cl)c1. The third-order valence-electron chi connectivity index (χ3n) is 2.22. The lowest BCUT2D eigenvalue weighted by Gasteiger charge is -2.14. The van der Waals surface area contributed by atoms with Crippen LogP contribution in [0.4, 0.5) is 0 Å². The number of rotatable bonds is 4. The van der Waals surface area contributed by atoms with Gasteiger partial charge < -0.3 is 10.1 Å². The fourth-order valence-corrected chi connectivity index (χ4v) is 1.64. The van der Waals surface area contributed by atoms with Gasteiger partial charge in [0.05, 0.1) is 24.6 Å². The monoisotopic (exact) mass is 224 g/mol. The molecule has 0 aliphatic carbocycles. The third kappa shape index (κ3) is 2.85. The molecule has 0 amide bonds. The highest BCUT2D eigenvalue weighted by Crippen LogP contribution is 2.28. The van der Waals surface area contributed by atoms with Gasteiger partial charge in [-0.3, -0.25) is 0 Å². The highest BCUT2D eigenvalue weighted by Gasteiger charge is 2.10. The molecule has 1 aromatic rings. The van der Waals surface area contributed by atoms with Crippen molar-refractivity contribution in [2.75, 3.05) is 14.2 Å². The van der Waals surface area contributed by atoms with Crippen LogP contribution in [-0.2, 0) is 0 Å². The molecule has 1 atom stereocenters. The summed E-state index contributed by atoms with van der Waals surface area (Å²) in [5.74, 6) is 0.646. The average Bonchev–Trinajstić information content (AvgIpc) is 2.25. The van der Waals surface area contributed by atoms with Crippen molar-refractivity contribution >= 4 is 11.6 Å². The van der Waals surface area contributed by atoms with Crippen LogP contribution in [0.3, 0.4) is 0 Å². The quantitative estimate of drug-likeness (QED) is 0.855. The summed E-state index contributed by atoms with van der Waals surface area (Å²) < 4.78 is 5.06. The van der Waals surface area contributed by atoms with E-state index in [0.717, 1.165) is 5.56 Å². The molecule has 80 valence electrons. The molecule has 0 saturated heterocycles. The molecular weight excluding hydrogens is 212 g/mol. The predicted molar refractivity (Wildman–Crippen MR) is 60.0 cm³/mol. The molecule has 4 heteroatoms. The predicted octanol–water partition coefficient (Wildman–Crippen LogP) is 2.52. The summed E-state index contributed by atoms with van der Waals surface area (Å²) in [5.41, 5.74) is 0.991. The van der Waals surface area contributed by atoms with E-state index in [2.05, 4.69) is 11.4 Å². The highest BCUT2D eigenvalue weighted by atomic mass is 35.5. The molecule has 0 radical (unpaired) electrons. The van der Waals surface area contributed by atoms with E-state index < -0.39 is 0 Å². The van der Waals surface area contributed by atoms with Gasteiger partial charge in [0, 0.05) is 6.04 Å². The van der Waals surface area contributed by atoms with Crippen molar-refractivity contribution < 1.29 is 4.74 Å². The van der Waals surface area contributed by atoms with Gasteiger partial charge in [-0.15, -0.1) is 0 Å². The first-order chi connectivity index (χ1) is 7.22. The summed E-state index contributed by atoms with van der Waals surface area (Å²) in [6.07, 6.45) is 0.416. The van der Waals surface area contributed by atoms with E-state index in [-0.39, 0.29) is 6.04 Å². The molecule has 0 fully saturated rings. The molecule has 0 spiro atoms. The molecule has 0 aliphatic heterocycles. The maximum Gasteiger partial charge on any atom is 0.137 e. The Hall–Kier alpha value is -1.24. The van der Waals surface area contributed by atoms with E-state index in [1.54, 1.807) is 13.2 Å². The van der Waals surface area contributed by atoms with Crippen molar-refractivity contribution in [2.45, 2.75) is 12.5 Å². The van der Waals surface area contributed by atoms with E-state index in [4.69, 9.17) is 21.6 Å². The Balaban J connectivity index is 2.95. The van der Waals surface area contributed by atoms with Gasteiger partial charge in [-0.2, -0.15) is 5.26 Å². The first kappa shape index (κ1) is 11.8. The molecular formula is C11H13ClN2O. The number of benzene rings is 1. The molecule has 0 aliphatic rings. The van der Waals surface area contributed by atoms with Gasteiger partial charge in [0.15, 0.2) is 0 Å². The van der Waals surface area contributed by atoms with E-state index in [1.807, 2.05) is 19.2 Å². The Morgan fingerprint density at radius 1 is 1.60 bits per heavy atom. The van der Waals surface area contributed by atoms with E-state index in [9.17, 15) is 0 Å². The molecule has 0 aromatic heterocycles. The van der Waals surface area contributed by atoms with Crippen molar-refractivity contribution in [1.29, 1.82) is 5.26 Å². The van der Waals surface area contributed by atoms with Crippen molar-refractivity contribution in [2.24, 2.45) is 0 Å². The fraction of sp³-hybridized carbons (Fsp3) is 0.364. The van der Waals surface area contributed by atoms with Crippen LogP contribution in [0, 0.1) is 11.3 Å². The highest BCUT2D eigenvalue weighted by molar-refractivity contribution is 6.32. The van der Waals surface area contributed by atoms with Gasteiger partial charge in [-0.1, -0.05) is 17.7 Å². The summed E-state index contributed by atoms with van der Waals surface area (Å²) in [6.45, 7) is 0. The second kappa shape index (κ2) is 5.59. The zero-order valence-corrected chi connectivity index (χ0v) is 9.51. The van der Waals surface area contributed by atoms with Crippen LogP contribution < -0.4 is 10.1 Å². The lowest BCUT2D eigenvalue weighted by molar-refractivity contribution is 0.414. The van der Waals surface area contributed by atoms with Crippen molar-refractivity contribution in [3.05, 3.63) is 28.8 Å². The zero-order chi connectivity index (χ0) is 11.3. The van der Waals surface area contributed by atoms with E-state index in [0.29, 0.717) is 17.2 Å². The molecule has 0 saturated carbocycles. The van der Waals surface area contributed by atoms with E-state index in [1.165, 1.54) is 0 Å².